The van der Waals surface area contributed by atoms with Gasteiger partial charge in [0.2, 0.25) is 0 Å². The zero-order valence-corrected chi connectivity index (χ0v) is 13.6. The lowest BCUT2D eigenvalue weighted by molar-refractivity contribution is 0.0684. The van der Waals surface area contributed by atoms with Crippen molar-refractivity contribution >= 4 is 11.8 Å². The van der Waals surface area contributed by atoms with E-state index in [2.05, 4.69) is 44.4 Å². The lowest BCUT2D eigenvalue weighted by Crippen LogP contribution is -2.61. The van der Waals surface area contributed by atoms with Gasteiger partial charge in [0.15, 0.2) is 0 Å². The van der Waals surface area contributed by atoms with E-state index in [1.54, 1.807) is 0 Å². The molecular formula is C15H32N2S. The van der Waals surface area contributed by atoms with E-state index in [1.165, 1.54) is 38.0 Å². The van der Waals surface area contributed by atoms with Crippen molar-refractivity contribution in [3.8, 4) is 0 Å². The van der Waals surface area contributed by atoms with Gasteiger partial charge in [0.25, 0.3) is 0 Å². The second-order valence-electron chi connectivity index (χ2n) is 5.65. The number of hydrogen-bond donors (Lipinski definition) is 1. The molecule has 3 heteroatoms. The Labute approximate surface area is 118 Å². The minimum atomic E-state index is 0.250. The lowest BCUT2D eigenvalue weighted by Gasteiger charge is -2.50. The SMILES string of the molecule is CCC(CC)CN(CC)C1(CN)CCCSC1C. The molecule has 2 atom stereocenters. The molecule has 1 aliphatic rings. The van der Waals surface area contributed by atoms with Gasteiger partial charge in [-0.1, -0.05) is 40.5 Å². The van der Waals surface area contributed by atoms with Crippen molar-refractivity contribution in [2.75, 3.05) is 25.4 Å². The van der Waals surface area contributed by atoms with Crippen LogP contribution in [0.15, 0.2) is 0 Å². The number of rotatable bonds is 7. The molecule has 0 amide bonds. The zero-order valence-electron chi connectivity index (χ0n) is 12.7. The summed E-state index contributed by atoms with van der Waals surface area (Å²) in [6, 6.07) is 0. The molecule has 18 heavy (non-hydrogen) atoms. The maximum absolute atomic E-state index is 6.21. The van der Waals surface area contributed by atoms with E-state index in [4.69, 9.17) is 5.73 Å². The molecule has 0 saturated carbocycles. The zero-order chi connectivity index (χ0) is 13.6. The van der Waals surface area contributed by atoms with Gasteiger partial charge < -0.3 is 5.73 Å². The summed E-state index contributed by atoms with van der Waals surface area (Å²) in [7, 11) is 0. The van der Waals surface area contributed by atoms with Crippen LogP contribution in [-0.2, 0) is 0 Å². The predicted octanol–water partition coefficient (Wildman–Crippen LogP) is 3.36. The van der Waals surface area contributed by atoms with Crippen molar-refractivity contribution in [2.45, 2.75) is 64.2 Å². The van der Waals surface area contributed by atoms with Crippen LogP contribution in [0.3, 0.4) is 0 Å². The van der Waals surface area contributed by atoms with E-state index in [-0.39, 0.29) is 5.54 Å². The van der Waals surface area contributed by atoms with E-state index in [9.17, 15) is 0 Å². The highest BCUT2D eigenvalue weighted by molar-refractivity contribution is 8.00. The molecule has 1 rings (SSSR count). The molecule has 1 saturated heterocycles. The highest BCUT2D eigenvalue weighted by Gasteiger charge is 2.42. The summed E-state index contributed by atoms with van der Waals surface area (Å²) in [5, 5.41) is 0.672. The molecule has 2 nitrogen and oxygen atoms in total. The minimum Gasteiger partial charge on any atom is -0.329 e. The van der Waals surface area contributed by atoms with E-state index in [1.807, 2.05) is 0 Å². The average Bonchev–Trinajstić information content (AvgIpc) is 2.41. The molecule has 0 radical (unpaired) electrons. The normalized spacial score (nSPS) is 29.2. The third kappa shape index (κ3) is 3.43. The Kier molecular flexibility index (Phi) is 7.04. The van der Waals surface area contributed by atoms with Crippen LogP contribution in [0.25, 0.3) is 0 Å². The van der Waals surface area contributed by atoms with Crippen molar-refractivity contribution in [3.63, 3.8) is 0 Å². The quantitative estimate of drug-likeness (QED) is 0.770. The Hall–Kier alpha value is 0.270. The van der Waals surface area contributed by atoms with E-state index < -0.39 is 0 Å². The molecular weight excluding hydrogens is 240 g/mol. The van der Waals surface area contributed by atoms with Crippen LogP contribution in [0.5, 0.6) is 0 Å². The maximum atomic E-state index is 6.21. The summed E-state index contributed by atoms with van der Waals surface area (Å²) in [5.41, 5.74) is 6.46. The summed E-state index contributed by atoms with van der Waals surface area (Å²) in [6.45, 7) is 12.5. The van der Waals surface area contributed by atoms with Crippen molar-refractivity contribution in [1.82, 2.24) is 4.90 Å². The molecule has 0 spiro atoms. The fourth-order valence-corrected chi connectivity index (χ4v) is 4.63. The molecule has 0 aliphatic carbocycles. The fraction of sp³-hybridized carbons (Fsp3) is 1.00. The van der Waals surface area contributed by atoms with Crippen LogP contribution in [-0.4, -0.2) is 41.1 Å². The van der Waals surface area contributed by atoms with Gasteiger partial charge in [-0.05, 0) is 31.1 Å². The molecule has 108 valence electrons. The van der Waals surface area contributed by atoms with Gasteiger partial charge >= 0.3 is 0 Å². The van der Waals surface area contributed by atoms with Gasteiger partial charge in [0.1, 0.15) is 0 Å². The van der Waals surface area contributed by atoms with Gasteiger partial charge in [-0.3, -0.25) is 4.90 Å². The Morgan fingerprint density at radius 3 is 2.44 bits per heavy atom. The van der Waals surface area contributed by atoms with Gasteiger partial charge in [0, 0.05) is 23.9 Å². The standard InChI is InChI=1S/C15H32N2S/c1-5-14(6-2)11-17(7-3)15(12-16)9-8-10-18-13(15)4/h13-14H,5-12,16H2,1-4H3. The molecule has 0 aromatic heterocycles. The van der Waals surface area contributed by atoms with E-state index in [0.717, 1.165) is 19.0 Å². The first kappa shape index (κ1) is 16.3. The monoisotopic (exact) mass is 272 g/mol. The second-order valence-corrected chi connectivity index (χ2v) is 7.09. The Morgan fingerprint density at radius 1 is 1.33 bits per heavy atom. The Balaban J connectivity index is 2.81. The summed E-state index contributed by atoms with van der Waals surface area (Å²) in [6.07, 6.45) is 5.18. The Bertz CT molecular complexity index is 231. The topological polar surface area (TPSA) is 29.3 Å². The van der Waals surface area contributed by atoms with Gasteiger partial charge in [-0.2, -0.15) is 11.8 Å². The van der Waals surface area contributed by atoms with Crippen LogP contribution in [0.1, 0.15) is 53.4 Å². The van der Waals surface area contributed by atoms with E-state index >= 15 is 0 Å². The fourth-order valence-electron chi connectivity index (χ4n) is 3.29. The van der Waals surface area contributed by atoms with Crippen LogP contribution in [0.2, 0.25) is 0 Å². The highest BCUT2D eigenvalue weighted by Crippen LogP contribution is 2.38. The smallest absolute Gasteiger partial charge is 0.0447 e. The van der Waals surface area contributed by atoms with Crippen molar-refractivity contribution in [3.05, 3.63) is 0 Å². The van der Waals surface area contributed by atoms with Crippen molar-refractivity contribution < 1.29 is 0 Å². The summed E-state index contributed by atoms with van der Waals surface area (Å²) < 4.78 is 0. The number of hydrogen-bond acceptors (Lipinski definition) is 3. The number of nitrogens with two attached hydrogens (primary N) is 1. The summed E-state index contributed by atoms with van der Waals surface area (Å²) in [5.74, 6) is 2.14. The first-order valence-electron chi connectivity index (χ1n) is 7.71. The highest BCUT2D eigenvalue weighted by atomic mass is 32.2. The first-order valence-corrected chi connectivity index (χ1v) is 8.76. The van der Waals surface area contributed by atoms with E-state index in [0.29, 0.717) is 5.25 Å². The van der Waals surface area contributed by atoms with Gasteiger partial charge in [-0.25, -0.2) is 0 Å². The van der Waals surface area contributed by atoms with Crippen molar-refractivity contribution in [2.24, 2.45) is 11.7 Å². The van der Waals surface area contributed by atoms with Gasteiger partial charge in [0.05, 0.1) is 0 Å². The minimum absolute atomic E-state index is 0.250. The molecule has 2 unspecified atom stereocenters. The maximum Gasteiger partial charge on any atom is 0.0447 e. The van der Waals surface area contributed by atoms with Crippen molar-refractivity contribution in [1.29, 1.82) is 0 Å². The third-order valence-electron chi connectivity index (χ3n) is 4.88. The summed E-state index contributed by atoms with van der Waals surface area (Å²) >= 11 is 2.11. The molecule has 0 bridgehead atoms. The van der Waals surface area contributed by atoms with Crippen LogP contribution in [0, 0.1) is 5.92 Å². The van der Waals surface area contributed by atoms with Crippen LogP contribution in [0.4, 0.5) is 0 Å². The average molecular weight is 273 g/mol. The largest absolute Gasteiger partial charge is 0.329 e. The molecule has 1 fully saturated rings. The lowest BCUT2D eigenvalue weighted by atomic mass is 9.86. The molecule has 0 aromatic carbocycles. The number of thioether (sulfide) groups is 1. The molecule has 2 N–H and O–H groups in total. The predicted molar refractivity (Wildman–Crippen MR) is 84.3 cm³/mol. The third-order valence-corrected chi connectivity index (χ3v) is 6.34. The van der Waals surface area contributed by atoms with Crippen LogP contribution < -0.4 is 5.73 Å². The van der Waals surface area contributed by atoms with Gasteiger partial charge in [-0.15, -0.1) is 0 Å². The van der Waals surface area contributed by atoms with Crippen LogP contribution >= 0.6 is 11.8 Å². The Morgan fingerprint density at radius 2 is 2.00 bits per heavy atom. The first-order chi connectivity index (χ1) is 8.64. The second kappa shape index (κ2) is 7.76. The summed E-state index contributed by atoms with van der Waals surface area (Å²) in [4.78, 5) is 2.70. The number of nitrogens with zero attached hydrogens (tertiary/aromatic N) is 1. The molecule has 1 aliphatic heterocycles. The number of likely N-dealkylation sites (N-methyl/N-ethyl adjacent to an activating group) is 1. The molecule has 0 aromatic rings. The molecule has 1 heterocycles.